The highest BCUT2D eigenvalue weighted by Crippen LogP contribution is 2.30. The Morgan fingerprint density at radius 3 is 2.29 bits per heavy atom. The number of hydrogen-bond acceptors (Lipinski definition) is 4. The van der Waals surface area contributed by atoms with Gasteiger partial charge >= 0.3 is 5.97 Å². The second kappa shape index (κ2) is 5.54. The van der Waals surface area contributed by atoms with E-state index in [2.05, 4.69) is 0 Å². The monoisotopic (exact) mass is 240 g/mol. The molecule has 1 aromatic carbocycles. The number of aliphatic carboxylic acids is 1. The van der Waals surface area contributed by atoms with E-state index in [1.165, 1.54) is 14.2 Å². The van der Waals surface area contributed by atoms with E-state index >= 15 is 0 Å². The molecule has 17 heavy (non-hydrogen) atoms. The zero-order valence-corrected chi connectivity index (χ0v) is 10.1. The molecule has 1 rings (SSSR count). The number of aliphatic hydroxyl groups excluding tert-OH is 1. The number of carbonyl (C=O) groups is 1. The predicted octanol–water partition coefficient (Wildman–Crippen LogP) is 1.00. The lowest BCUT2D eigenvalue weighted by Crippen LogP contribution is -2.22. The summed E-state index contributed by atoms with van der Waals surface area (Å²) in [5, 5.41) is 18.0. The molecule has 0 fully saturated rings. The molecule has 1 atom stereocenters. The Balaban J connectivity index is 3.04. The van der Waals surface area contributed by atoms with Gasteiger partial charge in [0.1, 0.15) is 0 Å². The van der Waals surface area contributed by atoms with Crippen LogP contribution >= 0.6 is 0 Å². The molecule has 0 aliphatic carbocycles. The maximum Gasteiger partial charge on any atom is 0.332 e. The number of carboxylic acids is 1. The molecule has 1 aromatic rings. The molecule has 0 spiro atoms. The predicted molar refractivity (Wildman–Crippen MR) is 61.6 cm³/mol. The molecule has 5 nitrogen and oxygen atoms in total. The van der Waals surface area contributed by atoms with Crippen LogP contribution in [-0.2, 0) is 11.2 Å². The summed E-state index contributed by atoms with van der Waals surface area (Å²) >= 11 is 0. The minimum Gasteiger partial charge on any atom is -0.493 e. The summed E-state index contributed by atoms with van der Waals surface area (Å²) in [4.78, 5) is 10.6. The second-order valence-electron chi connectivity index (χ2n) is 3.69. The lowest BCUT2D eigenvalue weighted by molar-refractivity contribution is -0.146. The van der Waals surface area contributed by atoms with Crippen LogP contribution < -0.4 is 9.47 Å². The lowest BCUT2D eigenvalue weighted by atomic mass is 10.0. The zero-order chi connectivity index (χ0) is 13.0. The van der Waals surface area contributed by atoms with E-state index < -0.39 is 12.1 Å². The summed E-state index contributed by atoms with van der Waals surface area (Å²) < 4.78 is 10.2. The Hall–Kier alpha value is -1.75. The molecule has 0 amide bonds. The van der Waals surface area contributed by atoms with E-state index in [1.807, 2.05) is 6.92 Å². The number of methoxy groups -OCH3 is 2. The average Bonchev–Trinajstić information content (AvgIpc) is 2.30. The molecule has 5 heteroatoms. The van der Waals surface area contributed by atoms with Crippen molar-refractivity contribution in [2.45, 2.75) is 19.4 Å². The van der Waals surface area contributed by atoms with Crippen molar-refractivity contribution in [1.82, 2.24) is 0 Å². The van der Waals surface area contributed by atoms with Crippen LogP contribution in [0.15, 0.2) is 12.1 Å². The summed E-state index contributed by atoms with van der Waals surface area (Å²) in [5.74, 6) is -0.136. The van der Waals surface area contributed by atoms with E-state index in [4.69, 9.17) is 14.6 Å². The zero-order valence-electron chi connectivity index (χ0n) is 10.1. The topological polar surface area (TPSA) is 76.0 Å². The van der Waals surface area contributed by atoms with Crippen LogP contribution in [-0.4, -0.2) is 36.5 Å². The van der Waals surface area contributed by atoms with E-state index in [0.29, 0.717) is 11.5 Å². The SMILES string of the molecule is COc1cc(C)c(CC(O)C(=O)O)cc1OC. The van der Waals surface area contributed by atoms with Crippen molar-refractivity contribution in [2.75, 3.05) is 14.2 Å². The minimum atomic E-state index is -1.41. The highest BCUT2D eigenvalue weighted by Gasteiger charge is 2.17. The number of aryl methyl sites for hydroxylation is 1. The molecule has 0 heterocycles. The molecule has 0 aromatic heterocycles. The molecule has 0 radical (unpaired) electrons. The molecule has 1 unspecified atom stereocenters. The molecule has 0 aliphatic rings. The van der Waals surface area contributed by atoms with Gasteiger partial charge in [0.2, 0.25) is 0 Å². The Kier molecular flexibility index (Phi) is 4.34. The number of ether oxygens (including phenoxy) is 2. The van der Waals surface area contributed by atoms with Gasteiger partial charge in [0, 0.05) is 6.42 Å². The molecule has 2 N–H and O–H groups in total. The fourth-order valence-corrected chi connectivity index (χ4v) is 1.54. The van der Waals surface area contributed by atoms with Crippen LogP contribution in [0.1, 0.15) is 11.1 Å². The van der Waals surface area contributed by atoms with Gasteiger partial charge in [0.05, 0.1) is 14.2 Å². The molecular weight excluding hydrogens is 224 g/mol. The summed E-state index contributed by atoms with van der Waals surface area (Å²) in [6.45, 7) is 1.83. The third-order valence-electron chi connectivity index (χ3n) is 2.54. The lowest BCUT2D eigenvalue weighted by Gasteiger charge is -2.13. The Morgan fingerprint density at radius 1 is 1.29 bits per heavy atom. The number of rotatable bonds is 5. The maximum atomic E-state index is 10.6. The highest BCUT2D eigenvalue weighted by atomic mass is 16.5. The van der Waals surface area contributed by atoms with Crippen LogP contribution in [0.25, 0.3) is 0 Å². The van der Waals surface area contributed by atoms with Crippen LogP contribution in [0.3, 0.4) is 0 Å². The summed E-state index contributed by atoms with van der Waals surface area (Å²) in [6, 6.07) is 3.43. The first-order chi connectivity index (χ1) is 7.99. The average molecular weight is 240 g/mol. The standard InChI is InChI=1S/C12H16O5/c1-7-4-10(16-2)11(17-3)6-8(7)5-9(13)12(14)15/h4,6,9,13H,5H2,1-3H3,(H,14,15). The van der Waals surface area contributed by atoms with Crippen LogP contribution in [0, 0.1) is 6.92 Å². The van der Waals surface area contributed by atoms with Crippen LogP contribution in [0.4, 0.5) is 0 Å². The Morgan fingerprint density at radius 2 is 1.82 bits per heavy atom. The third kappa shape index (κ3) is 3.10. The van der Waals surface area contributed by atoms with Crippen molar-refractivity contribution in [3.8, 4) is 11.5 Å². The summed E-state index contributed by atoms with van der Waals surface area (Å²) in [7, 11) is 3.04. The van der Waals surface area contributed by atoms with Crippen molar-refractivity contribution >= 4 is 5.97 Å². The molecule has 0 saturated carbocycles. The van der Waals surface area contributed by atoms with Gasteiger partial charge in [-0.2, -0.15) is 0 Å². The maximum absolute atomic E-state index is 10.6. The smallest absolute Gasteiger partial charge is 0.332 e. The largest absolute Gasteiger partial charge is 0.493 e. The number of aliphatic hydroxyl groups is 1. The van der Waals surface area contributed by atoms with Crippen molar-refractivity contribution < 1.29 is 24.5 Å². The van der Waals surface area contributed by atoms with E-state index in [0.717, 1.165) is 11.1 Å². The van der Waals surface area contributed by atoms with E-state index in [-0.39, 0.29) is 6.42 Å². The first-order valence-corrected chi connectivity index (χ1v) is 5.12. The van der Waals surface area contributed by atoms with E-state index in [9.17, 15) is 9.90 Å². The van der Waals surface area contributed by atoms with Crippen LogP contribution in [0.5, 0.6) is 11.5 Å². The Bertz CT molecular complexity index is 414. The van der Waals surface area contributed by atoms with Gasteiger partial charge in [0.25, 0.3) is 0 Å². The molecular formula is C12H16O5. The summed E-state index contributed by atoms with van der Waals surface area (Å²) in [6.07, 6.45) is -1.37. The van der Waals surface area contributed by atoms with Gasteiger partial charge in [-0.25, -0.2) is 4.79 Å². The fourth-order valence-electron chi connectivity index (χ4n) is 1.54. The van der Waals surface area contributed by atoms with Crippen molar-refractivity contribution in [3.05, 3.63) is 23.3 Å². The normalized spacial score (nSPS) is 12.0. The second-order valence-corrected chi connectivity index (χ2v) is 3.69. The summed E-state index contributed by atoms with van der Waals surface area (Å²) in [5.41, 5.74) is 1.57. The minimum absolute atomic E-state index is 0.0432. The molecule has 94 valence electrons. The van der Waals surface area contributed by atoms with Gasteiger partial charge in [-0.1, -0.05) is 0 Å². The van der Waals surface area contributed by atoms with Gasteiger partial charge in [-0.15, -0.1) is 0 Å². The quantitative estimate of drug-likeness (QED) is 0.803. The molecule has 0 bridgehead atoms. The molecule has 0 aliphatic heterocycles. The van der Waals surface area contributed by atoms with Gasteiger partial charge in [-0.05, 0) is 30.2 Å². The fraction of sp³-hybridized carbons (Fsp3) is 0.417. The van der Waals surface area contributed by atoms with Crippen molar-refractivity contribution in [1.29, 1.82) is 0 Å². The first kappa shape index (κ1) is 13.3. The van der Waals surface area contributed by atoms with Crippen molar-refractivity contribution in [2.24, 2.45) is 0 Å². The van der Waals surface area contributed by atoms with E-state index in [1.54, 1.807) is 12.1 Å². The number of hydrogen-bond donors (Lipinski definition) is 2. The van der Waals surface area contributed by atoms with Crippen molar-refractivity contribution in [3.63, 3.8) is 0 Å². The van der Waals surface area contributed by atoms with Gasteiger partial charge in [0.15, 0.2) is 17.6 Å². The highest BCUT2D eigenvalue weighted by molar-refractivity contribution is 5.72. The van der Waals surface area contributed by atoms with Gasteiger partial charge in [-0.3, -0.25) is 0 Å². The third-order valence-corrected chi connectivity index (χ3v) is 2.54. The van der Waals surface area contributed by atoms with Crippen LogP contribution in [0.2, 0.25) is 0 Å². The first-order valence-electron chi connectivity index (χ1n) is 5.12. The number of benzene rings is 1. The molecule has 0 saturated heterocycles. The Labute approximate surface area is 99.6 Å². The van der Waals surface area contributed by atoms with Gasteiger partial charge < -0.3 is 19.7 Å². The number of carboxylic acid groups (broad SMARTS) is 1.